The van der Waals surface area contributed by atoms with E-state index < -0.39 is 21.6 Å². The molecule has 0 radical (unpaired) electrons. The van der Waals surface area contributed by atoms with Gasteiger partial charge < -0.3 is 9.15 Å². The number of nitrogens with zero attached hydrogens (tertiary/aromatic N) is 1. The molecule has 0 aliphatic rings. The Kier molecular flexibility index (Phi) is 6.45. The SMILES string of the molecule is Cc1ccc2c(COC(=O)c3cc(S(=O)(=O)N(C)c4ccccc4)ccc3Cl)cc(=O)oc2c1. The molecule has 0 aliphatic heterocycles. The third-order valence-corrected chi connectivity index (χ3v) is 7.39. The first-order chi connectivity index (χ1) is 16.2. The van der Waals surface area contributed by atoms with E-state index in [4.69, 9.17) is 20.8 Å². The molecule has 0 unspecified atom stereocenters. The van der Waals surface area contributed by atoms with Gasteiger partial charge in [0.25, 0.3) is 10.0 Å². The fraction of sp³-hybridized carbons (Fsp3) is 0.120. The van der Waals surface area contributed by atoms with Crippen molar-refractivity contribution in [2.45, 2.75) is 18.4 Å². The maximum Gasteiger partial charge on any atom is 0.340 e. The average Bonchev–Trinajstić information content (AvgIpc) is 2.82. The molecule has 0 spiro atoms. The molecule has 174 valence electrons. The molecule has 4 aromatic rings. The van der Waals surface area contributed by atoms with E-state index in [2.05, 4.69) is 0 Å². The van der Waals surface area contributed by atoms with Gasteiger partial charge in [-0.2, -0.15) is 0 Å². The smallest absolute Gasteiger partial charge is 0.340 e. The minimum atomic E-state index is -3.96. The molecule has 34 heavy (non-hydrogen) atoms. The topological polar surface area (TPSA) is 93.9 Å². The zero-order valence-corrected chi connectivity index (χ0v) is 19.9. The Morgan fingerprint density at radius 2 is 1.76 bits per heavy atom. The molecule has 0 saturated heterocycles. The van der Waals surface area contributed by atoms with Crippen LogP contribution in [0.2, 0.25) is 5.02 Å². The third kappa shape index (κ3) is 4.69. The summed E-state index contributed by atoms with van der Waals surface area (Å²) in [7, 11) is -2.54. The van der Waals surface area contributed by atoms with Gasteiger partial charge in [-0.25, -0.2) is 18.0 Å². The largest absolute Gasteiger partial charge is 0.457 e. The molecule has 7 nitrogen and oxygen atoms in total. The van der Waals surface area contributed by atoms with Gasteiger partial charge in [0.1, 0.15) is 12.2 Å². The van der Waals surface area contributed by atoms with Gasteiger partial charge in [0, 0.05) is 24.1 Å². The lowest BCUT2D eigenvalue weighted by atomic mass is 10.1. The zero-order valence-electron chi connectivity index (χ0n) is 18.3. The highest BCUT2D eigenvalue weighted by molar-refractivity contribution is 7.92. The van der Waals surface area contributed by atoms with E-state index in [9.17, 15) is 18.0 Å². The number of carbonyl (C=O) groups is 1. The maximum absolute atomic E-state index is 13.1. The van der Waals surface area contributed by atoms with Gasteiger partial charge in [-0.15, -0.1) is 0 Å². The first kappa shape index (κ1) is 23.5. The van der Waals surface area contributed by atoms with Crippen molar-refractivity contribution in [3.8, 4) is 0 Å². The van der Waals surface area contributed by atoms with Crippen LogP contribution in [0.5, 0.6) is 0 Å². The number of para-hydroxylation sites is 1. The standard InChI is InChI=1S/C25H20ClNO6S/c1-16-8-10-20-17(13-24(28)33-23(20)12-16)15-32-25(29)21-14-19(9-11-22(21)26)34(30,31)27(2)18-6-4-3-5-7-18/h3-14H,15H2,1-2H3. The molecule has 0 amide bonds. The van der Waals surface area contributed by atoms with Gasteiger partial charge in [0.15, 0.2) is 0 Å². The van der Waals surface area contributed by atoms with Crippen LogP contribution in [-0.2, 0) is 21.4 Å². The van der Waals surface area contributed by atoms with E-state index in [1.54, 1.807) is 42.5 Å². The van der Waals surface area contributed by atoms with Crippen LogP contribution in [0.15, 0.2) is 86.9 Å². The summed E-state index contributed by atoms with van der Waals surface area (Å²) >= 11 is 6.18. The predicted octanol–water partition coefficient (Wildman–Crippen LogP) is 4.94. The van der Waals surface area contributed by atoms with Crippen molar-refractivity contribution in [3.63, 3.8) is 0 Å². The molecular weight excluding hydrogens is 478 g/mol. The van der Waals surface area contributed by atoms with Crippen molar-refractivity contribution in [3.05, 3.63) is 105 Å². The Morgan fingerprint density at radius 3 is 2.50 bits per heavy atom. The number of hydrogen-bond acceptors (Lipinski definition) is 6. The molecular formula is C25H20ClNO6S. The molecule has 1 heterocycles. The van der Waals surface area contributed by atoms with Crippen LogP contribution < -0.4 is 9.93 Å². The second-order valence-corrected chi connectivity index (χ2v) is 9.99. The number of sulfonamides is 1. The van der Waals surface area contributed by atoms with Crippen molar-refractivity contribution >= 4 is 44.3 Å². The first-order valence-electron chi connectivity index (χ1n) is 10.2. The average molecular weight is 498 g/mol. The number of rotatable bonds is 6. The minimum absolute atomic E-state index is 0.0411. The summed E-state index contributed by atoms with van der Waals surface area (Å²) in [6.07, 6.45) is 0. The summed E-state index contributed by atoms with van der Waals surface area (Å²) < 4.78 is 37.9. The monoisotopic (exact) mass is 497 g/mol. The molecule has 9 heteroatoms. The van der Waals surface area contributed by atoms with Gasteiger partial charge in [0.05, 0.1) is 21.2 Å². The highest BCUT2D eigenvalue weighted by Gasteiger charge is 2.24. The Morgan fingerprint density at radius 1 is 1.03 bits per heavy atom. The number of fused-ring (bicyclic) bond motifs is 1. The number of aryl methyl sites for hydroxylation is 1. The van der Waals surface area contributed by atoms with Gasteiger partial charge >= 0.3 is 11.6 Å². The quantitative estimate of drug-likeness (QED) is 0.277. The summed E-state index contributed by atoms with van der Waals surface area (Å²) in [6.45, 7) is 1.64. The summed E-state index contributed by atoms with van der Waals surface area (Å²) in [5.74, 6) is -0.821. The normalized spacial score (nSPS) is 11.4. The fourth-order valence-corrected chi connectivity index (χ4v) is 4.85. The van der Waals surface area contributed by atoms with Crippen LogP contribution in [0.3, 0.4) is 0 Å². The van der Waals surface area contributed by atoms with Crippen molar-refractivity contribution in [1.29, 1.82) is 0 Å². The van der Waals surface area contributed by atoms with E-state index in [-0.39, 0.29) is 22.1 Å². The molecule has 0 bridgehead atoms. The molecule has 0 aliphatic carbocycles. The molecule has 0 atom stereocenters. The lowest BCUT2D eigenvalue weighted by Crippen LogP contribution is -2.26. The zero-order chi connectivity index (χ0) is 24.5. The maximum atomic E-state index is 13.1. The van der Waals surface area contributed by atoms with E-state index in [0.717, 1.165) is 9.87 Å². The minimum Gasteiger partial charge on any atom is -0.457 e. The highest BCUT2D eigenvalue weighted by atomic mass is 35.5. The lowest BCUT2D eigenvalue weighted by molar-refractivity contribution is 0.0473. The second kappa shape index (κ2) is 9.32. The molecule has 0 fully saturated rings. The Hall–Kier alpha value is -3.62. The van der Waals surface area contributed by atoms with Crippen LogP contribution in [-0.4, -0.2) is 21.4 Å². The Balaban J connectivity index is 1.61. The lowest BCUT2D eigenvalue weighted by Gasteiger charge is -2.20. The van der Waals surface area contributed by atoms with Crippen LogP contribution >= 0.6 is 11.6 Å². The van der Waals surface area contributed by atoms with E-state index in [1.807, 2.05) is 13.0 Å². The molecule has 4 rings (SSSR count). The Bertz CT molecular complexity index is 1550. The van der Waals surface area contributed by atoms with Gasteiger partial charge in [-0.1, -0.05) is 41.9 Å². The van der Waals surface area contributed by atoms with Crippen LogP contribution in [0.1, 0.15) is 21.5 Å². The summed E-state index contributed by atoms with van der Waals surface area (Å²) in [5.41, 5.74) is 1.55. The van der Waals surface area contributed by atoms with Crippen LogP contribution in [0, 0.1) is 6.92 Å². The number of anilines is 1. The number of ether oxygens (including phenoxy) is 1. The van der Waals surface area contributed by atoms with Crippen molar-refractivity contribution in [2.24, 2.45) is 0 Å². The second-order valence-electron chi connectivity index (χ2n) is 7.62. The molecule has 0 N–H and O–H groups in total. The van der Waals surface area contributed by atoms with Gasteiger partial charge in [-0.3, -0.25) is 4.31 Å². The Labute approximate surface area is 201 Å². The van der Waals surface area contributed by atoms with Crippen molar-refractivity contribution < 1.29 is 22.4 Å². The number of esters is 1. The van der Waals surface area contributed by atoms with Crippen molar-refractivity contribution in [1.82, 2.24) is 0 Å². The fourth-order valence-electron chi connectivity index (χ4n) is 3.43. The van der Waals surface area contributed by atoms with E-state index in [0.29, 0.717) is 22.2 Å². The highest BCUT2D eigenvalue weighted by Crippen LogP contribution is 2.27. The summed E-state index contributed by atoms with van der Waals surface area (Å²) in [4.78, 5) is 24.6. The molecule has 0 saturated carbocycles. The summed E-state index contributed by atoms with van der Waals surface area (Å²) in [5, 5.41) is 0.671. The number of hydrogen-bond donors (Lipinski definition) is 0. The predicted molar refractivity (Wildman–Crippen MR) is 130 cm³/mol. The number of halogens is 1. The van der Waals surface area contributed by atoms with E-state index >= 15 is 0 Å². The molecule has 1 aromatic heterocycles. The number of benzene rings is 3. The van der Waals surface area contributed by atoms with Crippen LogP contribution in [0.25, 0.3) is 11.0 Å². The van der Waals surface area contributed by atoms with Gasteiger partial charge in [0.2, 0.25) is 0 Å². The summed E-state index contributed by atoms with van der Waals surface area (Å²) in [6, 6.07) is 19.0. The van der Waals surface area contributed by atoms with E-state index in [1.165, 1.54) is 31.3 Å². The number of carbonyl (C=O) groups excluding carboxylic acids is 1. The third-order valence-electron chi connectivity index (χ3n) is 5.28. The first-order valence-corrected chi connectivity index (χ1v) is 12.0. The molecule has 3 aromatic carbocycles. The van der Waals surface area contributed by atoms with Crippen molar-refractivity contribution in [2.75, 3.05) is 11.4 Å². The van der Waals surface area contributed by atoms with Crippen LogP contribution in [0.4, 0.5) is 5.69 Å². The van der Waals surface area contributed by atoms with Gasteiger partial charge in [-0.05, 0) is 48.9 Å².